The van der Waals surface area contributed by atoms with Crippen LogP contribution in [0.5, 0.6) is 0 Å². The van der Waals surface area contributed by atoms with Crippen LogP contribution in [0.1, 0.15) is 195 Å². The summed E-state index contributed by atoms with van der Waals surface area (Å²) >= 11 is 1.46. The number of para-hydroxylation sites is 1. The van der Waals surface area contributed by atoms with Crippen LogP contribution >= 0.6 is 11.3 Å². The first-order chi connectivity index (χ1) is 60.8. The van der Waals surface area contributed by atoms with Gasteiger partial charge in [-0.2, -0.15) is 0 Å². The number of nitrogens with zero attached hydrogens (tertiary/aromatic N) is 7. The number of esters is 1. The van der Waals surface area contributed by atoms with Crippen LogP contribution in [0.3, 0.4) is 0 Å². The highest BCUT2D eigenvalue weighted by Gasteiger charge is 2.51. The molecule has 708 valence electrons. The third-order valence-corrected chi connectivity index (χ3v) is 25.0. The van der Waals surface area contributed by atoms with Crippen LogP contribution in [-0.4, -0.2) is 259 Å². The fourth-order valence-electron chi connectivity index (χ4n) is 17.2. The summed E-state index contributed by atoms with van der Waals surface area (Å²) in [4.78, 5) is 180. The van der Waals surface area contributed by atoms with Gasteiger partial charge in [0.05, 0.1) is 75.0 Å². The number of ether oxygens (including phenoxy) is 6. The second-order valence-corrected chi connectivity index (χ2v) is 36.7. The van der Waals surface area contributed by atoms with Crippen molar-refractivity contribution < 1.29 is 86.0 Å². The van der Waals surface area contributed by atoms with Gasteiger partial charge < -0.3 is 95.5 Å². The third kappa shape index (κ3) is 31.1. The quantitative estimate of drug-likeness (QED) is 0.0133. The van der Waals surface area contributed by atoms with Crippen molar-refractivity contribution in [2.24, 2.45) is 35.3 Å². The van der Waals surface area contributed by atoms with Gasteiger partial charge in [-0.3, -0.25) is 52.8 Å². The molecule has 0 radical (unpaired) electrons. The number of aryl methyl sites for hydroxylation is 1. The molecule has 5 aromatic rings. The third-order valence-electron chi connectivity index (χ3n) is 24.1. The molecule has 2 saturated heterocycles. The van der Waals surface area contributed by atoms with Crippen LogP contribution in [0.4, 0.5) is 15.3 Å². The number of thiazole rings is 1. The molecular formula is C94H143N15O18S. The molecule has 128 heavy (non-hydrogen) atoms. The first-order valence-electron chi connectivity index (χ1n) is 45.1. The maximum atomic E-state index is 15.1. The van der Waals surface area contributed by atoms with Crippen LogP contribution in [0.15, 0.2) is 96.5 Å². The Morgan fingerprint density at radius 2 is 1.38 bits per heavy atom. The van der Waals surface area contributed by atoms with Gasteiger partial charge in [0.15, 0.2) is 0 Å². The van der Waals surface area contributed by atoms with Crippen LogP contribution in [0.2, 0.25) is 0 Å². The van der Waals surface area contributed by atoms with E-state index >= 15 is 4.79 Å². The smallest absolute Gasteiger partial charge is 0.410 e. The second-order valence-electron chi connectivity index (χ2n) is 35.8. The standard InChI is InChI=1S/C94H143N15O18S/c1-19-63(8)83(74(122-17)57-78(113)109-45-26-42-94(109,13)84(123-18)64(9)85(115)101-72(89-97-44-54-128-89)55-65-27-21-20-22-28-65)104(15)90(119)81(61(4)5)103-88(118)82(62(6)7)105(16)92(121)126-59-66-32-34-68(35-33-66)99-86(116)71(30-25-43-98-91(95)120)100-87(117)80(60(2)3)102-75(110)36-37-77(112)108(49-51-125-53-52-124-50-41-79(114)127-93(10,11)12)69-38-46-106(47-39-69)76(111)40-48-107-70(58-96-14)56-67-29-23-24-31-73(67)107/h20-24,27-29,31-35,44,54,56,60-64,69,71-72,74,80-84,96H,19,25-26,30,36-43,45-53,55,57-59H2,1-18H3,(H,99,116)(H,100,117)(H,101,115)(H,102,110)(H,103,118)(H3,95,98,120)/t63-,64+,71-,72-,74?,80-,81-,82?,83-,84+,94?/m0/s1. The molecule has 4 heterocycles. The number of primary amides is 1. The number of piperidine rings is 1. The zero-order valence-electron chi connectivity index (χ0n) is 78.5. The summed E-state index contributed by atoms with van der Waals surface area (Å²) in [5.74, 6) is -6.41. The van der Waals surface area contributed by atoms with E-state index in [1.54, 1.807) is 108 Å². The number of benzene rings is 3. The normalized spacial score (nSPS) is 16.7. The van der Waals surface area contributed by atoms with E-state index in [1.807, 2.05) is 107 Å². The number of likely N-dealkylation sites (tertiary alicyclic amines) is 2. The molecule has 11 atom stereocenters. The van der Waals surface area contributed by atoms with Crippen molar-refractivity contribution >= 4 is 99.2 Å². The predicted molar refractivity (Wildman–Crippen MR) is 490 cm³/mol. The number of hydrogen-bond donors (Lipinski definition) is 8. The molecule has 2 aliphatic rings. The number of fused-ring (bicyclic) bond motifs is 1. The minimum Gasteiger partial charge on any atom is -0.460 e. The van der Waals surface area contributed by atoms with E-state index in [4.69, 9.17) is 34.2 Å². The van der Waals surface area contributed by atoms with Gasteiger partial charge in [0.2, 0.25) is 53.2 Å². The highest BCUT2D eigenvalue weighted by atomic mass is 32.1. The first kappa shape index (κ1) is 105. The Morgan fingerprint density at radius 3 is 1.99 bits per heavy atom. The van der Waals surface area contributed by atoms with E-state index < -0.39 is 125 Å². The fraction of sp³-hybridized carbons (Fsp3) is 0.628. The number of likely N-dealkylation sites (N-methyl/N-ethyl adjacent to an activating group) is 2. The van der Waals surface area contributed by atoms with E-state index in [9.17, 15) is 52.7 Å². The Labute approximate surface area is 759 Å². The molecule has 3 unspecified atom stereocenters. The summed E-state index contributed by atoms with van der Waals surface area (Å²) in [6.45, 7) is 26.7. The van der Waals surface area contributed by atoms with Crippen molar-refractivity contribution in [3.05, 3.63) is 118 Å². The lowest BCUT2D eigenvalue weighted by Crippen LogP contribution is -2.61. The number of urea groups is 1. The highest BCUT2D eigenvalue weighted by molar-refractivity contribution is 7.09. The van der Waals surface area contributed by atoms with Gasteiger partial charge in [-0.05, 0) is 144 Å². The van der Waals surface area contributed by atoms with E-state index in [1.165, 1.54) is 30.4 Å². The van der Waals surface area contributed by atoms with E-state index in [2.05, 4.69) is 58.9 Å². The van der Waals surface area contributed by atoms with Crippen LogP contribution < -0.4 is 43.0 Å². The van der Waals surface area contributed by atoms with Gasteiger partial charge in [-0.1, -0.05) is 129 Å². The number of nitrogens with one attached hydrogen (secondary N) is 7. The number of methoxy groups -OCH3 is 2. The van der Waals surface area contributed by atoms with E-state index in [0.29, 0.717) is 82.5 Å². The number of carbonyl (C=O) groups is 12. The number of carbonyl (C=O) groups excluding carboxylic acids is 12. The Kier molecular flexibility index (Phi) is 42.1. The van der Waals surface area contributed by atoms with Gasteiger partial charge in [-0.15, -0.1) is 11.3 Å². The van der Waals surface area contributed by atoms with Crippen molar-refractivity contribution in [2.75, 3.05) is 99.8 Å². The molecule has 12 amide bonds. The molecule has 0 saturated carbocycles. The van der Waals surface area contributed by atoms with E-state index in [0.717, 1.165) is 27.2 Å². The molecule has 0 spiro atoms. The molecule has 0 aliphatic carbocycles. The summed E-state index contributed by atoms with van der Waals surface area (Å²) in [7, 11) is 8.04. The monoisotopic (exact) mass is 1800 g/mol. The summed E-state index contributed by atoms with van der Waals surface area (Å²) in [5, 5.41) is 24.1. The average Bonchev–Trinajstić information content (AvgIpc) is 1.59. The average molecular weight is 1800 g/mol. The van der Waals surface area contributed by atoms with Crippen molar-refractivity contribution in [1.29, 1.82) is 0 Å². The minimum atomic E-state index is -1.20. The molecule has 34 heteroatoms. The number of hydrogen-bond acceptors (Lipinski definition) is 21. The predicted octanol–water partition coefficient (Wildman–Crippen LogP) is 9.43. The Hall–Kier alpha value is -10.1. The molecular weight excluding hydrogens is 1660 g/mol. The molecule has 2 fully saturated rings. The highest BCUT2D eigenvalue weighted by Crippen LogP contribution is 2.39. The lowest BCUT2D eigenvalue weighted by molar-refractivity contribution is -0.156. The summed E-state index contributed by atoms with van der Waals surface area (Å²) < 4.78 is 37.3. The zero-order valence-corrected chi connectivity index (χ0v) is 79.3. The fourth-order valence-corrected chi connectivity index (χ4v) is 17.8. The molecule has 3 aromatic carbocycles. The molecule has 2 aliphatic heterocycles. The number of nitrogens with two attached hydrogens (primary N) is 1. The van der Waals surface area contributed by atoms with Crippen molar-refractivity contribution in [3.8, 4) is 0 Å². The lowest BCUT2D eigenvalue weighted by Gasteiger charge is -2.44. The molecule has 7 rings (SSSR count). The van der Waals surface area contributed by atoms with Crippen molar-refractivity contribution in [2.45, 2.75) is 259 Å². The number of amides is 12. The maximum Gasteiger partial charge on any atom is 0.410 e. The lowest BCUT2D eigenvalue weighted by atomic mass is 9.82. The number of anilines is 1. The zero-order chi connectivity index (χ0) is 94.1. The van der Waals surface area contributed by atoms with Crippen LogP contribution in [0, 0.1) is 29.6 Å². The van der Waals surface area contributed by atoms with Gasteiger partial charge in [0.25, 0.3) is 0 Å². The van der Waals surface area contributed by atoms with Gasteiger partial charge in [-0.25, -0.2) is 14.6 Å². The molecule has 33 nitrogen and oxygen atoms in total. The Balaban J connectivity index is 0.931. The summed E-state index contributed by atoms with van der Waals surface area (Å²) in [6.07, 6.45) is 2.71. The minimum absolute atomic E-state index is 0.00253. The largest absolute Gasteiger partial charge is 0.460 e. The van der Waals surface area contributed by atoms with Gasteiger partial charge in [0, 0.05) is 128 Å². The SMILES string of the molecule is CC[C@H](C)[C@@H](C(CC(=O)N1CCCC1(C)[C@H](OC)[C@@H](C)C(=O)N[C@@H](Cc1ccccc1)c1nccs1)OC)N(C)C(=O)[C@@H](NC(=O)C(C(C)C)N(C)C(=O)OCc1ccc(NC(=O)[C@H](CCCNC(N)=O)NC(=O)[C@@H](NC(=O)CCC(=O)N(CCOCCOCCC(=O)OC(C)(C)C)C2CCN(C(=O)CCn3c(CNC)cc4ccccc43)CC2)C(C)C)cc1)C(C)C. The van der Waals surface area contributed by atoms with Crippen molar-refractivity contribution in [3.63, 3.8) is 0 Å². The summed E-state index contributed by atoms with van der Waals surface area (Å²) in [6, 6.07) is 19.8. The van der Waals surface area contributed by atoms with Gasteiger partial charge in [0.1, 0.15) is 41.4 Å². The van der Waals surface area contributed by atoms with Crippen LogP contribution in [-0.2, 0) is 102 Å². The number of rotatable bonds is 51. The first-order valence-corrected chi connectivity index (χ1v) is 46.0. The van der Waals surface area contributed by atoms with Gasteiger partial charge >= 0.3 is 18.1 Å². The molecule has 9 N–H and O–H groups in total. The molecule has 0 bridgehead atoms. The topological polar surface area (TPSA) is 404 Å². The van der Waals surface area contributed by atoms with Crippen LogP contribution in [0.25, 0.3) is 10.9 Å². The molecule has 2 aromatic heterocycles. The van der Waals surface area contributed by atoms with Crippen molar-refractivity contribution in [1.82, 2.24) is 66.0 Å². The van der Waals surface area contributed by atoms with E-state index in [-0.39, 0.29) is 133 Å². The maximum absolute atomic E-state index is 15.1. The number of aromatic nitrogens is 2. The second kappa shape index (κ2) is 51.3. The Bertz CT molecular complexity index is 4400. The summed E-state index contributed by atoms with van der Waals surface area (Å²) in [5.41, 5.74) is 7.81. The Morgan fingerprint density at radius 1 is 0.703 bits per heavy atom.